The molecule has 3 aromatic rings. The Kier molecular flexibility index (Phi) is 4.75. The molecule has 0 saturated carbocycles. The average molecular weight is 360 g/mol. The highest BCUT2D eigenvalue weighted by molar-refractivity contribution is 5.71. The van der Waals surface area contributed by atoms with Crippen molar-refractivity contribution in [1.29, 1.82) is 0 Å². The Hall–Kier alpha value is -3.16. The minimum Gasteiger partial charge on any atom is -0.507 e. The Morgan fingerprint density at radius 3 is 2.46 bits per heavy atom. The predicted octanol–water partition coefficient (Wildman–Crippen LogP) is 4.18. The van der Waals surface area contributed by atoms with E-state index in [0.717, 1.165) is 11.8 Å². The van der Waals surface area contributed by atoms with Crippen molar-refractivity contribution in [2.45, 2.75) is 19.6 Å². The number of phenolic OH excluding ortho intramolecular Hbond substituents is 1. The van der Waals surface area contributed by atoms with Gasteiger partial charge in [0.05, 0.1) is 23.5 Å². The SMILES string of the molecule is Cc1cc(C(F)(F)F)cc(O)c1-c1ccc(NCc2ccccn2)nn1. The van der Waals surface area contributed by atoms with E-state index >= 15 is 0 Å². The van der Waals surface area contributed by atoms with Crippen LogP contribution in [0, 0.1) is 6.92 Å². The van der Waals surface area contributed by atoms with E-state index in [2.05, 4.69) is 20.5 Å². The van der Waals surface area contributed by atoms with Crippen LogP contribution in [-0.2, 0) is 12.7 Å². The van der Waals surface area contributed by atoms with E-state index in [4.69, 9.17) is 0 Å². The van der Waals surface area contributed by atoms with Gasteiger partial charge in [0.15, 0.2) is 0 Å². The summed E-state index contributed by atoms with van der Waals surface area (Å²) < 4.78 is 38.4. The van der Waals surface area contributed by atoms with Crippen molar-refractivity contribution in [2.24, 2.45) is 0 Å². The number of rotatable bonds is 4. The van der Waals surface area contributed by atoms with Gasteiger partial charge in [-0.05, 0) is 48.9 Å². The maximum absolute atomic E-state index is 12.8. The van der Waals surface area contributed by atoms with Gasteiger partial charge in [0, 0.05) is 11.8 Å². The lowest BCUT2D eigenvalue weighted by molar-refractivity contribution is -0.137. The molecular weight excluding hydrogens is 345 g/mol. The van der Waals surface area contributed by atoms with Crippen molar-refractivity contribution in [3.05, 3.63) is 65.5 Å². The Balaban J connectivity index is 1.80. The molecule has 0 saturated heterocycles. The van der Waals surface area contributed by atoms with Crippen molar-refractivity contribution in [2.75, 3.05) is 5.32 Å². The number of phenols is 1. The molecule has 8 heteroatoms. The number of anilines is 1. The third-order valence-electron chi connectivity index (χ3n) is 3.74. The van der Waals surface area contributed by atoms with Crippen molar-refractivity contribution in [3.8, 4) is 17.0 Å². The molecule has 0 amide bonds. The van der Waals surface area contributed by atoms with Crippen molar-refractivity contribution < 1.29 is 18.3 Å². The fourth-order valence-electron chi connectivity index (χ4n) is 2.51. The number of aryl methyl sites for hydroxylation is 1. The molecule has 3 rings (SSSR count). The molecule has 26 heavy (non-hydrogen) atoms. The zero-order valence-electron chi connectivity index (χ0n) is 13.7. The van der Waals surface area contributed by atoms with Crippen LogP contribution in [-0.4, -0.2) is 20.3 Å². The van der Waals surface area contributed by atoms with Crippen LogP contribution < -0.4 is 5.32 Å². The van der Waals surface area contributed by atoms with E-state index in [1.165, 1.54) is 6.92 Å². The molecule has 1 aromatic carbocycles. The third-order valence-corrected chi connectivity index (χ3v) is 3.74. The smallest absolute Gasteiger partial charge is 0.416 e. The molecule has 0 fully saturated rings. The van der Waals surface area contributed by atoms with Crippen LogP contribution in [0.15, 0.2) is 48.7 Å². The van der Waals surface area contributed by atoms with Gasteiger partial charge < -0.3 is 10.4 Å². The van der Waals surface area contributed by atoms with Gasteiger partial charge in [-0.15, -0.1) is 10.2 Å². The van der Waals surface area contributed by atoms with Crippen molar-refractivity contribution in [1.82, 2.24) is 15.2 Å². The van der Waals surface area contributed by atoms with E-state index in [1.807, 2.05) is 18.2 Å². The van der Waals surface area contributed by atoms with Crippen LogP contribution in [0.25, 0.3) is 11.3 Å². The van der Waals surface area contributed by atoms with Crippen LogP contribution in [0.1, 0.15) is 16.8 Å². The molecular formula is C18H15F3N4O. The number of pyridine rings is 1. The zero-order chi connectivity index (χ0) is 18.7. The second-order valence-electron chi connectivity index (χ2n) is 5.66. The topological polar surface area (TPSA) is 70.9 Å². The van der Waals surface area contributed by atoms with Gasteiger partial charge >= 0.3 is 6.18 Å². The molecule has 2 heterocycles. The average Bonchev–Trinajstić information content (AvgIpc) is 2.60. The van der Waals surface area contributed by atoms with Gasteiger partial charge in [0.2, 0.25) is 0 Å². The molecule has 2 aromatic heterocycles. The van der Waals surface area contributed by atoms with Crippen LogP contribution in [0.4, 0.5) is 19.0 Å². The number of hydrogen-bond donors (Lipinski definition) is 2. The van der Waals surface area contributed by atoms with Gasteiger partial charge in [0.1, 0.15) is 11.6 Å². The molecule has 0 radical (unpaired) electrons. The number of alkyl halides is 3. The maximum Gasteiger partial charge on any atom is 0.416 e. The summed E-state index contributed by atoms with van der Waals surface area (Å²) in [5.41, 5.74) is 0.701. The number of halogens is 3. The largest absolute Gasteiger partial charge is 0.507 e. The van der Waals surface area contributed by atoms with Crippen LogP contribution in [0.2, 0.25) is 0 Å². The number of aromatic hydroxyl groups is 1. The van der Waals surface area contributed by atoms with E-state index in [1.54, 1.807) is 18.3 Å². The standard InChI is InChI=1S/C18H15F3N4O/c1-11-8-12(18(19,20)21)9-15(26)17(11)14-5-6-16(25-24-14)23-10-13-4-2-3-7-22-13/h2-9,26H,10H2,1H3,(H,23,25). The van der Waals surface area contributed by atoms with E-state index in [0.29, 0.717) is 18.4 Å². The number of hydrogen-bond acceptors (Lipinski definition) is 5. The Morgan fingerprint density at radius 1 is 1.08 bits per heavy atom. The van der Waals surface area contributed by atoms with Gasteiger partial charge in [-0.1, -0.05) is 6.07 Å². The lowest BCUT2D eigenvalue weighted by atomic mass is 10.0. The molecule has 0 spiro atoms. The number of benzene rings is 1. The van der Waals surface area contributed by atoms with Gasteiger partial charge in [-0.25, -0.2) is 0 Å². The Morgan fingerprint density at radius 2 is 1.88 bits per heavy atom. The van der Waals surface area contributed by atoms with Gasteiger partial charge in [0.25, 0.3) is 0 Å². The molecule has 134 valence electrons. The van der Waals surface area contributed by atoms with Crippen molar-refractivity contribution in [3.63, 3.8) is 0 Å². The van der Waals surface area contributed by atoms with Crippen LogP contribution in [0.5, 0.6) is 5.75 Å². The van der Waals surface area contributed by atoms with Crippen molar-refractivity contribution >= 4 is 5.82 Å². The number of aromatic nitrogens is 3. The minimum atomic E-state index is -4.52. The zero-order valence-corrected chi connectivity index (χ0v) is 13.7. The second-order valence-corrected chi connectivity index (χ2v) is 5.66. The second kappa shape index (κ2) is 6.99. The molecule has 0 aliphatic heterocycles. The van der Waals surface area contributed by atoms with E-state index < -0.39 is 17.5 Å². The van der Waals surface area contributed by atoms with E-state index in [-0.39, 0.29) is 16.8 Å². The summed E-state index contributed by atoms with van der Waals surface area (Å²) in [5.74, 6) is 0.00396. The maximum atomic E-state index is 12.8. The first kappa shape index (κ1) is 17.7. The first-order valence-electron chi connectivity index (χ1n) is 7.73. The quantitative estimate of drug-likeness (QED) is 0.730. The number of nitrogens with one attached hydrogen (secondary N) is 1. The molecule has 0 atom stereocenters. The summed E-state index contributed by atoms with van der Waals surface area (Å²) in [6.45, 7) is 1.94. The summed E-state index contributed by atoms with van der Waals surface area (Å²) in [6.07, 6.45) is -2.84. The Bertz CT molecular complexity index is 874. The molecule has 0 bridgehead atoms. The normalized spacial score (nSPS) is 11.4. The van der Waals surface area contributed by atoms with Crippen LogP contribution >= 0.6 is 0 Å². The summed E-state index contributed by atoms with van der Waals surface area (Å²) >= 11 is 0. The fraction of sp³-hybridized carbons (Fsp3) is 0.167. The number of nitrogens with zero attached hydrogens (tertiary/aromatic N) is 3. The lowest BCUT2D eigenvalue weighted by Gasteiger charge is -2.13. The fourth-order valence-corrected chi connectivity index (χ4v) is 2.51. The molecule has 0 unspecified atom stereocenters. The highest BCUT2D eigenvalue weighted by Gasteiger charge is 2.32. The van der Waals surface area contributed by atoms with E-state index in [9.17, 15) is 18.3 Å². The van der Waals surface area contributed by atoms with Gasteiger partial charge in [-0.2, -0.15) is 13.2 Å². The van der Waals surface area contributed by atoms with Gasteiger partial charge in [-0.3, -0.25) is 4.98 Å². The monoisotopic (exact) mass is 360 g/mol. The third kappa shape index (κ3) is 3.90. The summed E-state index contributed by atoms with van der Waals surface area (Å²) in [5, 5.41) is 21.1. The first-order chi connectivity index (χ1) is 12.3. The highest BCUT2D eigenvalue weighted by atomic mass is 19.4. The highest BCUT2D eigenvalue weighted by Crippen LogP contribution is 2.38. The summed E-state index contributed by atoms with van der Waals surface area (Å²) in [6, 6.07) is 10.4. The first-order valence-corrected chi connectivity index (χ1v) is 7.73. The lowest BCUT2D eigenvalue weighted by Crippen LogP contribution is -2.06. The molecule has 0 aliphatic rings. The molecule has 0 aliphatic carbocycles. The Labute approximate surface area is 147 Å². The molecule has 2 N–H and O–H groups in total. The minimum absolute atomic E-state index is 0.224. The predicted molar refractivity (Wildman–Crippen MR) is 90.4 cm³/mol. The molecule has 5 nitrogen and oxygen atoms in total. The summed E-state index contributed by atoms with van der Waals surface area (Å²) in [4.78, 5) is 4.17. The summed E-state index contributed by atoms with van der Waals surface area (Å²) in [7, 11) is 0. The van der Waals surface area contributed by atoms with Crippen LogP contribution in [0.3, 0.4) is 0 Å².